The Labute approximate surface area is 147 Å². The summed E-state index contributed by atoms with van der Waals surface area (Å²) >= 11 is 0. The molecule has 0 bridgehead atoms. The number of carboxylic acids is 1. The third kappa shape index (κ3) is 4.24. The fraction of sp³-hybridized carbons (Fsp3) is 0.300. The molecule has 0 saturated carbocycles. The van der Waals surface area contributed by atoms with Crippen LogP contribution in [0.4, 0.5) is 0 Å². The van der Waals surface area contributed by atoms with Gasteiger partial charge in [0.25, 0.3) is 0 Å². The minimum Gasteiger partial charge on any atom is -0.478 e. The number of hydrogen-bond donors (Lipinski definition) is 1. The highest BCUT2D eigenvalue weighted by Gasteiger charge is 2.24. The molecule has 1 N–H and O–H groups in total. The lowest BCUT2D eigenvalue weighted by molar-refractivity contribution is 0.0697. The summed E-state index contributed by atoms with van der Waals surface area (Å²) in [5, 5.41) is 18.5. The second kappa shape index (κ2) is 7.93. The van der Waals surface area contributed by atoms with Crippen molar-refractivity contribution in [2.45, 2.75) is 12.6 Å². The van der Waals surface area contributed by atoms with E-state index in [-0.39, 0.29) is 6.04 Å². The predicted octanol–water partition coefficient (Wildman–Crippen LogP) is 2.77. The molecule has 1 aliphatic rings. The lowest BCUT2D eigenvalue weighted by Gasteiger charge is -2.37. The maximum absolute atomic E-state index is 10.9. The smallest absolute Gasteiger partial charge is 0.335 e. The summed E-state index contributed by atoms with van der Waals surface area (Å²) in [5.74, 6) is -0.899. The highest BCUT2D eigenvalue weighted by Crippen LogP contribution is 2.21. The molecule has 1 atom stereocenters. The van der Waals surface area contributed by atoms with Gasteiger partial charge < -0.3 is 5.11 Å². The molecule has 5 nitrogen and oxygen atoms in total. The zero-order valence-corrected chi connectivity index (χ0v) is 14.0. The summed E-state index contributed by atoms with van der Waals surface area (Å²) < 4.78 is 0. The van der Waals surface area contributed by atoms with Crippen LogP contribution in [0.15, 0.2) is 54.6 Å². The minimum absolute atomic E-state index is 0.196. The number of carbonyl (C=O) groups is 1. The molecular weight excluding hydrogens is 314 g/mol. The Morgan fingerprint density at radius 2 is 1.68 bits per heavy atom. The van der Waals surface area contributed by atoms with Crippen LogP contribution < -0.4 is 0 Å². The molecular formula is C20H21N3O2. The van der Waals surface area contributed by atoms with E-state index in [9.17, 15) is 10.1 Å². The van der Waals surface area contributed by atoms with E-state index in [4.69, 9.17) is 5.11 Å². The van der Waals surface area contributed by atoms with E-state index in [0.29, 0.717) is 5.56 Å². The first-order chi connectivity index (χ1) is 12.2. The van der Waals surface area contributed by atoms with Crippen LogP contribution >= 0.6 is 0 Å². The molecule has 1 fully saturated rings. The van der Waals surface area contributed by atoms with Gasteiger partial charge in [0.05, 0.1) is 11.6 Å². The molecule has 1 aliphatic heterocycles. The molecule has 1 unspecified atom stereocenters. The zero-order valence-electron chi connectivity index (χ0n) is 14.0. The number of hydrogen-bond acceptors (Lipinski definition) is 4. The van der Waals surface area contributed by atoms with Crippen LogP contribution in [0.25, 0.3) is 0 Å². The van der Waals surface area contributed by atoms with Crippen molar-refractivity contribution in [1.82, 2.24) is 9.80 Å². The summed E-state index contributed by atoms with van der Waals surface area (Å²) in [6, 6.07) is 19.2. The molecule has 5 heteroatoms. The van der Waals surface area contributed by atoms with Crippen molar-refractivity contribution in [2.24, 2.45) is 0 Å². The van der Waals surface area contributed by atoms with Crippen molar-refractivity contribution in [2.75, 3.05) is 26.2 Å². The van der Waals surface area contributed by atoms with Gasteiger partial charge in [0.2, 0.25) is 0 Å². The van der Waals surface area contributed by atoms with E-state index in [1.807, 2.05) is 42.5 Å². The SMILES string of the molecule is N#CC(c1ccccc1)N1CCN(Cc2ccc(C(=O)O)cc2)CC1. The average molecular weight is 335 g/mol. The molecule has 3 rings (SSSR count). The fourth-order valence-corrected chi connectivity index (χ4v) is 3.19. The first-order valence-corrected chi connectivity index (χ1v) is 8.40. The molecule has 1 heterocycles. The van der Waals surface area contributed by atoms with Gasteiger partial charge in [0, 0.05) is 32.7 Å². The van der Waals surface area contributed by atoms with Crippen molar-refractivity contribution in [1.29, 1.82) is 5.26 Å². The van der Waals surface area contributed by atoms with Crippen LogP contribution in [0.1, 0.15) is 27.5 Å². The number of piperazine rings is 1. The number of rotatable bonds is 5. The van der Waals surface area contributed by atoms with E-state index < -0.39 is 5.97 Å². The topological polar surface area (TPSA) is 67.6 Å². The lowest BCUT2D eigenvalue weighted by Crippen LogP contribution is -2.46. The summed E-state index contributed by atoms with van der Waals surface area (Å²) in [4.78, 5) is 15.5. The van der Waals surface area contributed by atoms with Gasteiger partial charge in [-0.05, 0) is 23.3 Å². The molecule has 0 spiro atoms. The number of carboxylic acid groups (broad SMARTS) is 1. The molecule has 0 aliphatic carbocycles. The molecule has 0 aromatic heterocycles. The minimum atomic E-state index is -0.899. The van der Waals surface area contributed by atoms with Gasteiger partial charge in [-0.1, -0.05) is 42.5 Å². The first kappa shape index (κ1) is 17.2. The van der Waals surface area contributed by atoms with Crippen LogP contribution in [0.5, 0.6) is 0 Å². The molecule has 2 aromatic rings. The van der Waals surface area contributed by atoms with Gasteiger partial charge in [-0.2, -0.15) is 5.26 Å². The second-order valence-electron chi connectivity index (χ2n) is 6.26. The van der Waals surface area contributed by atoms with Gasteiger partial charge in [0.15, 0.2) is 0 Å². The maximum Gasteiger partial charge on any atom is 0.335 e. The highest BCUT2D eigenvalue weighted by atomic mass is 16.4. The first-order valence-electron chi connectivity index (χ1n) is 8.40. The van der Waals surface area contributed by atoms with Crippen molar-refractivity contribution in [3.63, 3.8) is 0 Å². The normalized spacial score (nSPS) is 16.9. The van der Waals surface area contributed by atoms with Crippen LogP contribution in [0.3, 0.4) is 0 Å². The molecule has 1 saturated heterocycles. The molecule has 25 heavy (non-hydrogen) atoms. The van der Waals surface area contributed by atoms with Crippen molar-refractivity contribution in [3.05, 3.63) is 71.3 Å². The summed E-state index contributed by atoms with van der Waals surface area (Å²) in [7, 11) is 0. The second-order valence-corrected chi connectivity index (χ2v) is 6.26. The Morgan fingerprint density at radius 1 is 1.04 bits per heavy atom. The van der Waals surface area contributed by atoms with Gasteiger partial charge >= 0.3 is 5.97 Å². The van der Waals surface area contributed by atoms with Gasteiger partial charge in [-0.15, -0.1) is 0 Å². The van der Waals surface area contributed by atoms with E-state index in [1.165, 1.54) is 0 Å². The van der Waals surface area contributed by atoms with Crippen molar-refractivity contribution in [3.8, 4) is 6.07 Å². The Balaban J connectivity index is 1.56. The Morgan fingerprint density at radius 3 is 2.24 bits per heavy atom. The van der Waals surface area contributed by atoms with Crippen LogP contribution in [0.2, 0.25) is 0 Å². The summed E-state index contributed by atoms with van der Waals surface area (Å²) in [6.45, 7) is 4.29. The van der Waals surface area contributed by atoms with Crippen molar-refractivity contribution < 1.29 is 9.90 Å². The zero-order chi connectivity index (χ0) is 17.6. The van der Waals surface area contributed by atoms with E-state index in [0.717, 1.165) is 43.9 Å². The number of aromatic carboxylic acids is 1. The summed E-state index contributed by atoms with van der Waals surface area (Å²) in [5.41, 5.74) is 2.47. The quantitative estimate of drug-likeness (QED) is 0.910. The fourth-order valence-electron chi connectivity index (χ4n) is 3.19. The molecule has 0 amide bonds. The van der Waals surface area contributed by atoms with Crippen LogP contribution in [0, 0.1) is 11.3 Å². The van der Waals surface area contributed by atoms with Crippen LogP contribution in [-0.4, -0.2) is 47.1 Å². The van der Waals surface area contributed by atoms with E-state index >= 15 is 0 Å². The van der Waals surface area contributed by atoms with Crippen LogP contribution in [-0.2, 0) is 6.54 Å². The molecule has 0 radical (unpaired) electrons. The third-order valence-electron chi connectivity index (χ3n) is 4.62. The summed E-state index contributed by atoms with van der Waals surface area (Å²) in [6.07, 6.45) is 0. The largest absolute Gasteiger partial charge is 0.478 e. The Hall–Kier alpha value is -2.68. The van der Waals surface area contributed by atoms with Gasteiger partial charge in [-0.3, -0.25) is 9.80 Å². The Bertz CT molecular complexity index is 745. The lowest BCUT2D eigenvalue weighted by atomic mass is 10.1. The molecule has 128 valence electrons. The molecule has 2 aromatic carbocycles. The highest BCUT2D eigenvalue weighted by molar-refractivity contribution is 5.87. The van der Waals surface area contributed by atoms with Gasteiger partial charge in [0.1, 0.15) is 6.04 Å². The standard InChI is InChI=1S/C20H21N3O2/c21-14-19(17-4-2-1-3-5-17)23-12-10-22(11-13-23)15-16-6-8-18(9-7-16)20(24)25/h1-9,19H,10-13,15H2,(H,24,25). The van der Waals surface area contributed by atoms with Gasteiger partial charge in [-0.25, -0.2) is 4.79 Å². The number of nitrogens with zero attached hydrogens (tertiary/aromatic N) is 3. The average Bonchev–Trinajstić information content (AvgIpc) is 2.65. The third-order valence-corrected chi connectivity index (χ3v) is 4.62. The number of nitriles is 1. The number of benzene rings is 2. The Kier molecular flexibility index (Phi) is 5.44. The maximum atomic E-state index is 10.9. The van der Waals surface area contributed by atoms with E-state index in [2.05, 4.69) is 15.9 Å². The predicted molar refractivity (Wildman–Crippen MR) is 95.0 cm³/mol. The van der Waals surface area contributed by atoms with E-state index in [1.54, 1.807) is 12.1 Å². The van der Waals surface area contributed by atoms with Crippen molar-refractivity contribution >= 4 is 5.97 Å². The monoisotopic (exact) mass is 335 g/mol.